The van der Waals surface area contributed by atoms with Gasteiger partial charge in [0.1, 0.15) is 17.3 Å². The molecule has 0 bridgehead atoms. The first-order valence-electron chi connectivity index (χ1n) is 6.34. The summed E-state index contributed by atoms with van der Waals surface area (Å²) in [5.41, 5.74) is -0.563. The van der Waals surface area contributed by atoms with Gasteiger partial charge in [0.15, 0.2) is 0 Å². The van der Waals surface area contributed by atoms with E-state index in [0.717, 1.165) is 25.0 Å². The number of anilines is 1. The molecule has 0 saturated heterocycles. The van der Waals surface area contributed by atoms with E-state index in [1.807, 2.05) is 13.8 Å². The third-order valence-electron chi connectivity index (χ3n) is 3.59. The standard InChI is InChI=1S/C14H18F2N2O/c1-14(2,9-4-5-9)18-13(19)8-6-10(15)12(17-3)11(16)7-8/h6-7,9,17H,4-5H2,1-3H3,(H,18,19). The van der Waals surface area contributed by atoms with Gasteiger partial charge in [-0.05, 0) is 44.7 Å². The molecule has 1 amide bonds. The second-order valence-corrected chi connectivity index (χ2v) is 5.51. The van der Waals surface area contributed by atoms with Crippen molar-refractivity contribution in [2.24, 2.45) is 5.92 Å². The molecule has 0 unspecified atom stereocenters. The number of amides is 1. The van der Waals surface area contributed by atoms with Crippen LogP contribution in [0.3, 0.4) is 0 Å². The molecule has 104 valence electrons. The molecule has 0 aromatic heterocycles. The minimum atomic E-state index is -0.767. The lowest BCUT2D eigenvalue weighted by Gasteiger charge is -2.26. The predicted molar refractivity (Wildman–Crippen MR) is 70.2 cm³/mol. The molecule has 1 aliphatic carbocycles. The van der Waals surface area contributed by atoms with Crippen LogP contribution in [0.1, 0.15) is 37.0 Å². The highest BCUT2D eigenvalue weighted by atomic mass is 19.1. The average Bonchev–Trinajstić information content (AvgIpc) is 3.11. The van der Waals surface area contributed by atoms with Crippen LogP contribution in [0.2, 0.25) is 0 Å². The maximum Gasteiger partial charge on any atom is 0.251 e. The van der Waals surface area contributed by atoms with Gasteiger partial charge in [0, 0.05) is 18.2 Å². The van der Waals surface area contributed by atoms with Gasteiger partial charge in [0.2, 0.25) is 0 Å². The number of benzene rings is 1. The molecule has 1 saturated carbocycles. The van der Waals surface area contributed by atoms with Gasteiger partial charge in [-0.15, -0.1) is 0 Å². The molecule has 0 atom stereocenters. The van der Waals surface area contributed by atoms with Crippen LogP contribution in [0.15, 0.2) is 12.1 Å². The number of halogens is 2. The molecular weight excluding hydrogens is 250 g/mol. The van der Waals surface area contributed by atoms with E-state index in [2.05, 4.69) is 10.6 Å². The van der Waals surface area contributed by atoms with Crippen molar-refractivity contribution in [3.05, 3.63) is 29.3 Å². The Labute approximate surface area is 111 Å². The van der Waals surface area contributed by atoms with Gasteiger partial charge >= 0.3 is 0 Å². The lowest BCUT2D eigenvalue weighted by molar-refractivity contribution is 0.0902. The van der Waals surface area contributed by atoms with Crippen LogP contribution in [-0.2, 0) is 0 Å². The second kappa shape index (κ2) is 4.79. The van der Waals surface area contributed by atoms with Crippen LogP contribution in [0, 0.1) is 17.6 Å². The summed E-state index contributed by atoms with van der Waals surface area (Å²) in [5.74, 6) is -1.53. The maximum atomic E-state index is 13.6. The van der Waals surface area contributed by atoms with Gasteiger partial charge < -0.3 is 10.6 Å². The molecule has 1 fully saturated rings. The van der Waals surface area contributed by atoms with E-state index in [9.17, 15) is 13.6 Å². The van der Waals surface area contributed by atoms with Gasteiger partial charge in [-0.2, -0.15) is 0 Å². The van der Waals surface area contributed by atoms with E-state index in [0.29, 0.717) is 5.92 Å². The van der Waals surface area contributed by atoms with E-state index >= 15 is 0 Å². The number of hydrogen-bond donors (Lipinski definition) is 2. The van der Waals surface area contributed by atoms with Gasteiger partial charge in [0.05, 0.1) is 0 Å². The quantitative estimate of drug-likeness (QED) is 0.881. The Morgan fingerprint density at radius 2 is 1.79 bits per heavy atom. The highest BCUT2D eigenvalue weighted by Gasteiger charge is 2.38. The summed E-state index contributed by atoms with van der Waals surface area (Å²) in [6, 6.07) is 2.10. The van der Waals surface area contributed by atoms with Crippen molar-refractivity contribution in [1.82, 2.24) is 5.32 Å². The Balaban J connectivity index is 2.20. The van der Waals surface area contributed by atoms with Crippen LogP contribution >= 0.6 is 0 Å². The fourth-order valence-corrected chi connectivity index (χ4v) is 2.21. The first-order chi connectivity index (χ1) is 8.85. The van der Waals surface area contributed by atoms with E-state index in [1.165, 1.54) is 7.05 Å². The molecule has 2 N–H and O–H groups in total. The van der Waals surface area contributed by atoms with Crippen LogP contribution in [0.5, 0.6) is 0 Å². The number of nitrogens with one attached hydrogen (secondary N) is 2. The first-order valence-corrected chi connectivity index (χ1v) is 6.34. The third kappa shape index (κ3) is 2.85. The summed E-state index contributed by atoms with van der Waals surface area (Å²) in [4.78, 5) is 12.0. The summed E-state index contributed by atoms with van der Waals surface area (Å²) in [7, 11) is 1.43. The van der Waals surface area contributed by atoms with Crippen LogP contribution in [0.25, 0.3) is 0 Å². The van der Waals surface area contributed by atoms with E-state index in [-0.39, 0.29) is 16.8 Å². The molecule has 0 radical (unpaired) electrons. The van der Waals surface area contributed by atoms with Crippen molar-refractivity contribution < 1.29 is 13.6 Å². The van der Waals surface area contributed by atoms with Crippen molar-refractivity contribution in [3.8, 4) is 0 Å². The van der Waals surface area contributed by atoms with Gasteiger partial charge in [-0.1, -0.05) is 0 Å². The molecule has 19 heavy (non-hydrogen) atoms. The molecule has 1 aromatic rings. The highest BCUT2D eigenvalue weighted by molar-refractivity contribution is 5.95. The third-order valence-corrected chi connectivity index (χ3v) is 3.59. The second-order valence-electron chi connectivity index (χ2n) is 5.51. The monoisotopic (exact) mass is 268 g/mol. The molecule has 5 heteroatoms. The lowest BCUT2D eigenvalue weighted by Crippen LogP contribution is -2.45. The van der Waals surface area contributed by atoms with Gasteiger partial charge in [-0.25, -0.2) is 8.78 Å². The zero-order chi connectivity index (χ0) is 14.2. The smallest absolute Gasteiger partial charge is 0.251 e. The zero-order valence-electron chi connectivity index (χ0n) is 11.3. The van der Waals surface area contributed by atoms with Crippen LogP contribution < -0.4 is 10.6 Å². The zero-order valence-corrected chi connectivity index (χ0v) is 11.3. The molecular formula is C14H18F2N2O. The summed E-state index contributed by atoms with van der Waals surface area (Å²) in [6.07, 6.45) is 2.16. The van der Waals surface area contributed by atoms with Crippen molar-refractivity contribution in [3.63, 3.8) is 0 Å². The summed E-state index contributed by atoms with van der Waals surface area (Å²) < 4.78 is 27.2. The Hall–Kier alpha value is -1.65. The number of carbonyl (C=O) groups excluding carboxylic acids is 1. The fraction of sp³-hybridized carbons (Fsp3) is 0.500. The lowest BCUT2D eigenvalue weighted by atomic mass is 9.98. The normalized spacial score (nSPS) is 15.2. The average molecular weight is 268 g/mol. The Kier molecular flexibility index (Phi) is 3.47. The van der Waals surface area contributed by atoms with Crippen molar-refractivity contribution in [2.75, 3.05) is 12.4 Å². The Morgan fingerprint density at radius 3 is 2.21 bits per heavy atom. The van der Waals surface area contributed by atoms with Crippen molar-refractivity contribution in [2.45, 2.75) is 32.2 Å². The number of carbonyl (C=O) groups is 1. The summed E-state index contributed by atoms with van der Waals surface area (Å²) >= 11 is 0. The van der Waals surface area contributed by atoms with Crippen molar-refractivity contribution >= 4 is 11.6 Å². The van der Waals surface area contributed by atoms with E-state index in [1.54, 1.807) is 0 Å². The molecule has 1 aliphatic rings. The van der Waals surface area contributed by atoms with Crippen LogP contribution in [-0.4, -0.2) is 18.5 Å². The predicted octanol–water partition coefficient (Wildman–Crippen LogP) is 2.92. The topological polar surface area (TPSA) is 41.1 Å². The maximum absolute atomic E-state index is 13.6. The van der Waals surface area contributed by atoms with Gasteiger partial charge in [-0.3, -0.25) is 4.79 Å². The van der Waals surface area contributed by atoms with Gasteiger partial charge in [0.25, 0.3) is 5.91 Å². The molecule has 0 spiro atoms. The Bertz CT molecular complexity index is 487. The molecule has 0 heterocycles. The van der Waals surface area contributed by atoms with Crippen molar-refractivity contribution in [1.29, 1.82) is 0 Å². The molecule has 0 aliphatic heterocycles. The molecule has 3 nitrogen and oxygen atoms in total. The minimum absolute atomic E-state index is 0.00252. The number of rotatable bonds is 4. The Morgan fingerprint density at radius 1 is 1.26 bits per heavy atom. The largest absolute Gasteiger partial charge is 0.383 e. The highest BCUT2D eigenvalue weighted by Crippen LogP contribution is 2.39. The molecule has 2 rings (SSSR count). The minimum Gasteiger partial charge on any atom is -0.383 e. The summed E-state index contributed by atoms with van der Waals surface area (Å²) in [5, 5.41) is 5.26. The van der Waals surface area contributed by atoms with E-state index < -0.39 is 17.5 Å². The molecule has 1 aromatic carbocycles. The number of hydrogen-bond acceptors (Lipinski definition) is 2. The summed E-state index contributed by atoms with van der Waals surface area (Å²) in [6.45, 7) is 3.86. The fourth-order valence-electron chi connectivity index (χ4n) is 2.21. The SMILES string of the molecule is CNc1c(F)cc(C(=O)NC(C)(C)C2CC2)cc1F. The first kappa shape index (κ1) is 13.8. The van der Waals surface area contributed by atoms with Crippen LogP contribution in [0.4, 0.5) is 14.5 Å². The van der Waals surface area contributed by atoms with E-state index in [4.69, 9.17) is 0 Å².